The van der Waals surface area contributed by atoms with Crippen molar-refractivity contribution >= 4 is 0 Å². The van der Waals surface area contributed by atoms with Gasteiger partial charge >= 0.3 is 0 Å². The van der Waals surface area contributed by atoms with Gasteiger partial charge in [-0.1, -0.05) is 59.8 Å². The van der Waals surface area contributed by atoms with E-state index in [4.69, 9.17) is 0 Å². The molecule has 0 heterocycles. The molecule has 0 aliphatic carbocycles. The molecule has 2 atom stereocenters. The van der Waals surface area contributed by atoms with E-state index in [0.717, 1.165) is 12.8 Å². The maximum atomic E-state index is 9.81. The van der Waals surface area contributed by atoms with Crippen molar-refractivity contribution in [1.29, 1.82) is 0 Å². The van der Waals surface area contributed by atoms with Crippen LogP contribution in [-0.2, 0) is 0 Å². The Balaban J connectivity index is 3.60. The highest BCUT2D eigenvalue weighted by Gasteiger charge is 2.28. The molecule has 0 spiro atoms. The number of unbranched alkanes of at least 4 members (excludes halogenated alkanes) is 4. The molecule has 0 aromatic carbocycles. The second kappa shape index (κ2) is 7.24. The standard InChI is InChI=1S/C13H28O2/c1-5-6-7-8-9-10-11(14)12(15)13(2,3)4/h11-12,14-15H,5-10H2,1-4H3. The zero-order valence-corrected chi connectivity index (χ0v) is 10.8. The van der Waals surface area contributed by atoms with Gasteiger partial charge in [-0.05, 0) is 11.8 Å². The zero-order chi connectivity index (χ0) is 11.9. The van der Waals surface area contributed by atoms with Crippen molar-refractivity contribution in [3.8, 4) is 0 Å². The minimum Gasteiger partial charge on any atom is -0.390 e. The molecule has 0 amide bonds. The van der Waals surface area contributed by atoms with E-state index >= 15 is 0 Å². The molecule has 92 valence electrons. The van der Waals surface area contributed by atoms with Crippen molar-refractivity contribution in [3.05, 3.63) is 0 Å². The highest BCUT2D eigenvalue weighted by atomic mass is 16.3. The molecule has 0 saturated carbocycles. The molecule has 2 N–H and O–H groups in total. The van der Waals surface area contributed by atoms with E-state index in [1.165, 1.54) is 25.7 Å². The fourth-order valence-electron chi connectivity index (χ4n) is 1.69. The van der Waals surface area contributed by atoms with Gasteiger partial charge in [-0.2, -0.15) is 0 Å². The summed E-state index contributed by atoms with van der Waals surface area (Å²) in [5, 5.41) is 19.6. The lowest BCUT2D eigenvalue weighted by atomic mass is 9.84. The normalized spacial score (nSPS) is 16.4. The fraction of sp³-hybridized carbons (Fsp3) is 1.00. The van der Waals surface area contributed by atoms with Gasteiger partial charge in [-0.15, -0.1) is 0 Å². The summed E-state index contributed by atoms with van der Waals surface area (Å²) < 4.78 is 0. The third kappa shape index (κ3) is 6.91. The van der Waals surface area contributed by atoms with E-state index in [0.29, 0.717) is 0 Å². The average Bonchev–Trinajstić information content (AvgIpc) is 2.14. The van der Waals surface area contributed by atoms with Crippen LogP contribution in [0.25, 0.3) is 0 Å². The van der Waals surface area contributed by atoms with Crippen LogP contribution in [0.3, 0.4) is 0 Å². The summed E-state index contributed by atoms with van der Waals surface area (Å²) in [6, 6.07) is 0. The van der Waals surface area contributed by atoms with Gasteiger partial charge in [0.25, 0.3) is 0 Å². The first-order chi connectivity index (χ1) is 6.89. The van der Waals surface area contributed by atoms with Crippen molar-refractivity contribution in [1.82, 2.24) is 0 Å². The van der Waals surface area contributed by atoms with Gasteiger partial charge < -0.3 is 10.2 Å². The third-order valence-corrected chi connectivity index (χ3v) is 2.86. The van der Waals surface area contributed by atoms with E-state index in [2.05, 4.69) is 6.92 Å². The maximum absolute atomic E-state index is 9.81. The van der Waals surface area contributed by atoms with Gasteiger partial charge in [0.15, 0.2) is 0 Å². The summed E-state index contributed by atoms with van der Waals surface area (Å²) in [5.74, 6) is 0. The van der Waals surface area contributed by atoms with Gasteiger partial charge in [0.1, 0.15) is 0 Å². The van der Waals surface area contributed by atoms with Crippen LogP contribution in [0.1, 0.15) is 66.2 Å². The largest absolute Gasteiger partial charge is 0.390 e. The number of hydrogen-bond donors (Lipinski definition) is 2. The molecule has 0 saturated heterocycles. The Morgan fingerprint density at radius 3 is 1.93 bits per heavy atom. The van der Waals surface area contributed by atoms with Crippen LogP contribution in [0.2, 0.25) is 0 Å². The van der Waals surface area contributed by atoms with Crippen LogP contribution in [-0.4, -0.2) is 22.4 Å². The van der Waals surface area contributed by atoms with Crippen molar-refractivity contribution in [2.24, 2.45) is 5.41 Å². The molecule has 0 fully saturated rings. The summed E-state index contributed by atoms with van der Waals surface area (Å²) in [6.07, 6.45) is 5.51. The molecule has 0 aliphatic rings. The molecule has 0 radical (unpaired) electrons. The Morgan fingerprint density at radius 1 is 0.933 bits per heavy atom. The second-order valence-electron chi connectivity index (χ2n) is 5.58. The molecule has 15 heavy (non-hydrogen) atoms. The lowest BCUT2D eigenvalue weighted by Crippen LogP contribution is -2.37. The summed E-state index contributed by atoms with van der Waals surface area (Å²) in [7, 11) is 0. The quantitative estimate of drug-likeness (QED) is 0.642. The number of aliphatic hydroxyl groups is 2. The lowest BCUT2D eigenvalue weighted by molar-refractivity contribution is -0.0481. The third-order valence-electron chi connectivity index (χ3n) is 2.86. The van der Waals surface area contributed by atoms with Crippen LogP contribution < -0.4 is 0 Å². The van der Waals surface area contributed by atoms with Gasteiger partial charge in [0.2, 0.25) is 0 Å². The van der Waals surface area contributed by atoms with Crippen LogP contribution in [0.15, 0.2) is 0 Å². The highest BCUT2D eigenvalue weighted by molar-refractivity contribution is 4.79. The van der Waals surface area contributed by atoms with Crippen LogP contribution >= 0.6 is 0 Å². The Bertz CT molecular complexity index is 149. The van der Waals surface area contributed by atoms with E-state index in [1.807, 2.05) is 20.8 Å². The van der Waals surface area contributed by atoms with Crippen LogP contribution in [0.4, 0.5) is 0 Å². The molecule has 0 aromatic rings. The van der Waals surface area contributed by atoms with E-state index in [1.54, 1.807) is 0 Å². The predicted molar refractivity (Wildman–Crippen MR) is 64.8 cm³/mol. The highest BCUT2D eigenvalue weighted by Crippen LogP contribution is 2.24. The summed E-state index contributed by atoms with van der Waals surface area (Å²) in [4.78, 5) is 0. The molecule has 0 rings (SSSR count). The molecule has 0 aliphatic heterocycles. The minimum absolute atomic E-state index is 0.219. The van der Waals surface area contributed by atoms with Crippen molar-refractivity contribution < 1.29 is 10.2 Å². The fourth-order valence-corrected chi connectivity index (χ4v) is 1.69. The van der Waals surface area contributed by atoms with Gasteiger partial charge in [0, 0.05) is 0 Å². The monoisotopic (exact) mass is 216 g/mol. The van der Waals surface area contributed by atoms with E-state index < -0.39 is 12.2 Å². The Labute approximate surface area is 94.7 Å². The SMILES string of the molecule is CCCCCCCC(O)C(O)C(C)(C)C. The summed E-state index contributed by atoms with van der Waals surface area (Å²) in [6.45, 7) is 8.06. The van der Waals surface area contributed by atoms with Crippen molar-refractivity contribution in [2.75, 3.05) is 0 Å². The van der Waals surface area contributed by atoms with Crippen LogP contribution in [0.5, 0.6) is 0 Å². The molecule has 2 heteroatoms. The molecular formula is C13H28O2. The van der Waals surface area contributed by atoms with Gasteiger partial charge in [-0.3, -0.25) is 0 Å². The predicted octanol–water partition coefficient (Wildman–Crippen LogP) is 3.11. The smallest absolute Gasteiger partial charge is 0.0847 e. The maximum Gasteiger partial charge on any atom is 0.0847 e. The first kappa shape index (κ1) is 14.9. The molecule has 2 unspecified atom stereocenters. The Kier molecular flexibility index (Phi) is 7.20. The van der Waals surface area contributed by atoms with Gasteiger partial charge in [0.05, 0.1) is 12.2 Å². The Morgan fingerprint density at radius 2 is 1.47 bits per heavy atom. The summed E-state index contributed by atoms with van der Waals surface area (Å²) >= 11 is 0. The number of rotatable bonds is 7. The average molecular weight is 216 g/mol. The Hall–Kier alpha value is -0.0800. The molecule has 0 bridgehead atoms. The topological polar surface area (TPSA) is 40.5 Å². The van der Waals surface area contributed by atoms with Gasteiger partial charge in [-0.25, -0.2) is 0 Å². The zero-order valence-electron chi connectivity index (χ0n) is 10.8. The molecule has 0 aromatic heterocycles. The summed E-state index contributed by atoms with van der Waals surface area (Å²) in [5.41, 5.74) is -0.219. The molecular weight excluding hydrogens is 188 g/mol. The van der Waals surface area contributed by atoms with Crippen molar-refractivity contribution in [2.45, 2.75) is 78.4 Å². The first-order valence-electron chi connectivity index (χ1n) is 6.25. The lowest BCUT2D eigenvalue weighted by Gasteiger charge is -2.29. The van der Waals surface area contributed by atoms with Crippen molar-refractivity contribution in [3.63, 3.8) is 0 Å². The number of aliphatic hydroxyl groups excluding tert-OH is 2. The van der Waals surface area contributed by atoms with Crippen LogP contribution in [0, 0.1) is 5.41 Å². The van der Waals surface area contributed by atoms with E-state index in [9.17, 15) is 10.2 Å². The minimum atomic E-state index is -0.608. The molecule has 2 nitrogen and oxygen atoms in total. The second-order valence-corrected chi connectivity index (χ2v) is 5.58. The van der Waals surface area contributed by atoms with E-state index in [-0.39, 0.29) is 5.41 Å². The number of hydrogen-bond acceptors (Lipinski definition) is 2. The first-order valence-corrected chi connectivity index (χ1v) is 6.25.